The van der Waals surface area contributed by atoms with Gasteiger partial charge in [-0.3, -0.25) is 0 Å². The van der Waals surface area contributed by atoms with Gasteiger partial charge in [-0.25, -0.2) is 9.37 Å². The van der Waals surface area contributed by atoms with Crippen LogP contribution in [0.2, 0.25) is 0 Å². The van der Waals surface area contributed by atoms with E-state index in [2.05, 4.69) is 4.98 Å². The summed E-state index contributed by atoms with van der Waals surface area (Å²) >= 11 is 0. The number of halogens is 1. The van der Waals surface area contributed by atoms with Gasteiger partial charge in [-0.05, 0) is 6.92 Å². The summed E-state index contributed by atoms with van der Waals surface area (Å²) in [6.45, 7) is 1.52. The summed E-state index contributed by atoms with van der Waals surface area (Å²) in [5.74, 6) is -0.382. The molecule has 0 fully saturated rings. The third-order valence-corrected chi connectivity index (χ3v) is 1.88. The Kier molecular flexibility index (Phi) is 1.89. The number of nitrogens with zero attached hydrogens (tertiary/aromatic N) is 1. The minimum atomic E-state index is -0.813. The molecule has 0 aliphatic rings. The van der Waals surface area contributed by atoms with Gasteiger partial charge in [0.25, 0.3) is 0 Å². The van der Waals surface area contributed by atoms with Crippen molar-refractivity contribution in [3.05, 3.63) is 23.8 Å². The van der Waals surface area contributed by atoms with Gasteiger partial charge in [0.15, 0.2) is 5.58 Å². The maximum Gasteiger partial charge on any atom is 0.224 e. The Bertz CT molecular complexity index is 440. The van der Waals surface area contributed by atoms with Crippen molar-refractivity contribution in [1.82, 2.24) is 4.98 Å². The van der Waals surface area contributed by atoms with E-state index in [0.717, 1.165) is 0 Å². The predicted molar refractivity (Wildman–Crippen MR) is 49.0 cm³/mol. The first-order valence-corrected chi connectivity index (χ1v) is 4.11. The number of oxazole rings is 1. The first kappa shape index (κ1) is 8.96. The molecule has 0 bridgehead atoms. The summed E-state index contributed by atoms with van der Waals surface area (Å²) in [6, 6.07) is 2.53. The van der Waals surface area contributed by atoms with Gasteiger partial charge in [0.05, 0.1) is 5.69 Å². The Balaban J connectivity index is 2.66. The Labute approximate surface area is 79.2 Å². The minimum absolute atomic E-state index is 0.00536. The average molecular weight is 196 g/mol. The highest BCUT2D eigenvalue weighted by Gasteiger charge is 2.12. The second kappa shape index (κ2) is 2.95. The quantitative estimate of drug-likeness (QED) is 0.679. The molecule has 0 aliphatic carbocycles. The molecule has 4 nitrogen and oxygen atoms in total. The van der Waals surface area contributed by atoms with Crippen molar-refractivity contribution in [3.8, 4) is 0 Å². The van der Waals surface area contributed by atoms with Crippen LogP contribution >= 0.6 is 0 Å². The molecule has 0 radical (unpaired) electrons. The number of hydrogen-bond acceptors (Lipinski definition) is 4. The summed E-state index contributed by atoms with van der Waals surface area (Å²) in [4.78, 5) is 3.90. The third-order valence-electron chi connectivity index (χ3n) is 1.88. The smallest absolute Gasteiger partial charge is 0.224 e. The van der Waals surface area contributed by atoms with Crippen LogP contribution in [-0.4, -0.2) is 10.1 Å². The molecule has 1 aromatic heterocycles. The summed E-state index contributed by atoms with van der Waals surface area (Å²) in [6.07, 6.45) is -0.813. The molecule has 0 aliphatic heterocycles. The van der Waals surface area contributed by atoms with E-state index in [1.165, 1.54) is 19.1 Å². The Morgan fingerprint density at radius 3 is 2.93 bits per heavy atom. The van der Waals surface area contributed by atoms with Gasteiger partial charge in [-0.1, -0.05) is 0 Å². The van der Waals surface area contributed by atoms with Crippen LogP contribution in [0, 0.1) is 5.82 Å². The molecule has 0 saturated heterocycles. The molecule has 1 aromatic carbocycles. The van der Waals surface area contributed by atoms with Crippen LogP contribution in [0.4, 0.5) is 10.1 Å². The lowest BCUT2D eigenvalue weighted by Gasteiger charge is -1.93. The third kappa shape index (κ3) is 1.31. The van der Waals surface area contributed by atoms with E-state index >= 15 is 0 Å². The number of nitrogen functional groups attached to an aromatic ring is 1. The molecule has 0 saturated carbocycles. The summed E-state index contributed by atoms with van der Waals surface area (Å²) in [5, 5.41) is 9.18. The highest BCUT2D eigenvalue weighted by molar-refractivity contribution is 5.76. The monoisotopic (exact) mass is 196 g/mol. The van der Waals surface area contributed by atoms with Gasteiger partial charge in [-0.2, -0.15) is 0 Å². The normalized spacial score (nSPS) is 13.4. The van der Waals surface area contributed by atoms with Crippen molar-refractivity contribution in [1.29, 1.82) is 0 Å². The number of fused-ring (bicyclic) bond motifs is 1. The van der Waals surface area contributed by atoms with Gasteiger partial charge in [0, 0.05) is 12.1 Å². The second-order valence-electron chi connectivity index (χ2n) is 3.07. The lowest BCUT2D eigenvalue weighted by atomic mass is 10.3. The van der Waals surface area contributed by atoms with Crippen LogP contribution in [0.15, 0.2) is 16.5 Å². The molecule has 1 atom stereocenters. The maximum absolute atomic E-state index is 13.0. The number of aliphatic hydroxyl groups excluding tert-OH is 1. The maximum atomic E-state index is 13.0. The minimum Gasteiger partial charge on any atom is -0.438 e. The SMILES string of the molecule is CC(O)c1nc2cc(F)c(N)cc2o1. The highest BCUT2D eigenvalue weighted by Crippen LogP contribution is 2.23. The standard InChI is InChI=1S/C9H9FN2O2/c1-4(13)9-12-7-2-5(10)6(11)3-8(7)14-9/h2-4,13H,11H2,1H3. The van der Waals surface area contributed by atoms with Gasteiger partial charge in [0.1, 0.15) is 17.4 Å². The van der Waals surface area contributed by atoms with Crippen molar-refractivity contribution in [3.63, 3.8) is 0 Å². The lowest BCUT2D eigenvalue weighted by molar-refractivity contribution is 0.165. The summed E-state index contributed by atoms with van der Waals surface area (Å²) in [5.41, 5.74) is 6.08. The summed E-state index contributed by atoms with van der Waals surface area (Å²) < 4.78 is 18.1. The number of benzene rings is 1. The molecule has 0 spiro atoms. The van der Waals surface area contributed by atoms with Crippen LogP contribution in [0.3, 0.4) is 0 Å². The lowest BCUT2D eigenvalue weighted by Crippen LogP contribution is -1.89. The number of anilines is 1. The molecular formula is C9H9FN2O2. The highest BCUT2D eigenvalue weighted by atomic mass is 19.1. The van der Waals surface area contributed by atoms with Crippen molar-refractivity contribution < 1.29 is 13.9 Å². The fraction of sp³-hybridized carbons (Fsp3) is 0.222. The van der Waals surface area contributed by atoms with E-state index in [4.69, 9.17) is 10.2 Å². The molecule has 0 amide bonds. The van der Waals surface area contributed by atoms with E-state index in [-0.39, 0.29) is 11.6 Å². The Morgan fingerprint density at radius 2 is 2.29 bits per heavy atom. The molecule has 2 rings (SSSR count). The van der Waals surface area contributed by atoms with Crippen LogP contribution in [0.25, 0.3) is 11.1 Å². The van der Waals surface area contributed by atoms with E-state index in [9.17, 15) is 9.50 Å². The number of nitrogens with two attached hydrogens (primary N) is 1. The van der Waals surface area contributed by atoms with E-state index in [1.54, 1.807) is 0 Å². The molecular weight excluding hydrogens is 187 g/mol. The zero-order chi connectivity index (χ0) is 10.3. The van der Waals surface area contributed by atoms with Crippen molar-refractivity contribution in [2.45, 2.75) is 13.0 Å². The van der Waals surface area contributed by atoms with Gasteiger partial charge in [-0.15, -0.1) is 0 Å². The largest absolute Gasteiger partial charge is 0.438 e. The molecule has 2 aromatic rings. The summed E-state index contributed by atoms with van der Waals surface area (Å²) in [7, 11) is 0. The fourth-order valence-corrected chi connectivity index (χ4v) is 1.16. The van der Waals surface area contributed by atoms with Gasteiger partial charge >= 0.3 is 0 Å². The average Bonchev–Trinajstić information content (AvgIpc) is 2.48. The molecule has 74 valence electrons. The van der Waals surface area contributed by atoms with Crippen LogP contribution in [0.1, 0.15) is 18.9 Å². The topological polar surface area (TPSA) is 72.3 Å². The number of aliphatic hydroxyl groups is 1. The number of aromatic nitrogens is 1. The number of rotatable bonds is 1. The molecule has 1 heterocycles. The Morgan fingerprint density at radius 1 is 1.57 bits per heavy atom. The van der Waals surface area contributed by atoms with E-state index in [0.29, 0.717) is 11.1 Å². The molecule has 14 heavy (non-hydrogen) atoms. The van der Waals surface area contributed by atoms with E-state index < -0.39 is 11.9 Å². The second-order valence-corrected chi connectivity index (χ2v) is 3.07. The van der Waals surface area contributed by atoms with Crippen molar-refractivity contribution >= 4 is 16.8 Å². The van der Waals surface area contributed by atoms with Crippen molar-refractivity contribution in [2.75, 3.05) is 5.73 Å². The van der Waals surface area contributed by atoms with Crippen LogP contribution in [0.5, 0.6) is 0 Å². The van der Waals surface area contributed by atoms with Crippen LogP contribution in [-0.2, 0) is 0 Å². The zero-order valence-corrected chi connectivity index (χ0v) is 7.49. The first-order valence-electron chi connectivity index (χ1n) is 4.11. The molecule has 3 N–H and O–H groups in total. The van der Waals surface area contributed by atoms with Gasteiger partial charge in [0.2, 0.25) is 5.89 Å². The predicted octanol–water partition coefficient (Wildman–Crippen LogP) is 1.60. The van der Waals surface area contributed by atoms with Crippen LogP contribution < -0.4 is 5.73 Å². The molecule has 5 heteroatoms. The van der Waals surface area contributed by atoms with Crippen molar-refractivity contribution in [2.24, 2.45) is 0 Å². The van der Waals surface area contributed by atoms with E-state index in [1.807, 2.05) is 0 Å². The number of hydrogen-bond donors (Lipinski definition) is 2. The van der Waals surface area contributed by atoms with Gasteiger partial charge < -0.3 is 15.3 Å². The zero-order valence-electron chi connectivity index (χ0n) is 7.49. The fourth-order valence-electron chi connectivity index (χ4n) is 1.16. The molecule has 1 unspecified atom stereocenters. The first-order chi connectivity index (χ1) is 6.58. The Hall–Kier alpha value is -1.62.